The Morgan fingerprint density at radius 2 is 2.00 bits per heavy atom. The van der Waals surface area contributed by atoms with Crippen molar-refractivity contribution >= 4 is 11.4 Å². The smallest absolute Gasteiger partial charge is 0.292 e. The first-order chi connectivity index (χ1) is 8.08. The molecule has 5 nitrogen and oxygen atoms in total. The normalized spacial score (nSPS) is 17.0. The van der Waals surface area contributed by atoms with Gasteiger partial charge in [-0.05, 0) is 50.0 Å². The molecular weight excluding hydrogens is 218 g/mol. The Labute approximate surface area is 100 Å². The van der Waals surface area contributed by atoms with Crippen LogP contribution in [0.25, 0.3) is 0 Å². The molecule has 1 heterocycles. The molecule has 0 amide bonds. The summed E-state index contributed by atoms with van der Waals surface area (Å²) in [6, 6.07) is 3.42. The van der Waals surface area contributed by atoms with Crippen LogP contribution in [-0.2, 0) is 12.8 Å². The summed E-state index contributed by atoms with van der Waals surface area (Å²) >= 11 is 0. The van der Waals surface area contributed by atoms with E-state index >= 15 is 0 Å². The van der Waals surface area contributed by atoms with E-state index in [1.54, 1.807) is 12.1 Å². The summed E-state index contributed by atoms with van der Waals surface area (Å²) in [5.41, 5.74) is 8.26. The second-order valence-corrected chi connectivity index (χ2v) is 4.59. The minimum absolute atomic E-state index is 0.0342. The number of nitrogens with zero attached hydrogens (tertiary/aromatic N) is 2. The molecule has 17 heavy (non-hydrogen) atoms. The monoisotopic (exact) mass is 235 g/mol. The first-order valence-corrected chi connectivity index (χ1v) is 5.82. The van der Waals surface area contributed by atoms with Gasteiger partial charge in [0, 0.05) is 12.6 Å². The first-order valence-electron chi connectivity index (χ1n) is 5.82. The number of likely N-dealkylation sites (N-methyl/N-ethyl adjacent to an activating group) is 1. The molecular formula is C12H17N3O2. The average Bonchev–Trinajstić information content (AvgIpc) is 2.24. The summed E-state index contributed by atoms with van der Waals surface area (Å²) in [4.78, 5) is 12.7. The highest BCUT2D eigenvalue weighted by Gasteiger charge is 2.17. The summed E-state index contributed by atoms with van der Waals surface area (Å²) in [5, 5.41) is 10.8. The SMILES string of the molecule is CN1CCCc2cc(N)c([N+](=O)[O-])cc2CC1. The quantitative estimate of drug-likeness (QED) is 0.456. The Morgan fingerprint density at radius 1 is 1.29 bits per heavy atom. The van der Waals surface area contributed by atoms with E-state index in [0.717, 1.165) is 37.9 Å². The Morgan fingerprint density at radius 3 is 2.71 bits per heavy atom. The minimum Gasteiger partial charge on any atom is -0.393 e. The number of benzene rings is 1. The number of nitrogen functional groups attached to an aromatic ring is 1. The molecule has 2 N–H and O–H groups in total. The molecule has 0 spiro atoms. The van der Waals surface area contributed by atoms with Gasteiger partial charge in [0.2, 0.25) is 0 Å². The number of hydrogen-bond acceptors (Lipinski definition) is 4. The van der Waals surface area contributed by atoms with E-state index in [4.69, 9.17) is 5.73 Å². The zero-order chi connectivity index (χ0) is 12.4. The summed E-state index contributed by atoms with van der Waals surface area (Å²) in [7, 11) is 2.08. The Kier molecular flexibility index (Phi) is 3.28. The summed E-state index contributed by atoms with van der Waals surface area (Å²) in [6.07, 6.45) is 2.87. The van der Waals surface area contributed by atoms with Gasteiger partial charge in [-0.25, -0.2) is 0 Å². The van der Waals surface area contributed by atoms with Crippen molar-refractivity contribution in [1.82, 2.24) is 4.90 Å². The van der Waals surface area contributed by atoms with Gasteiger partial charge in [-0.1, -0.05) is 0 Å². The topological polar surface area (TPSA) is 72.4 Å². The zero-order valence-corrected chi connectivity index (χ0v) is 9.98. The van der Waals surface area contributed by atoms with Gasteiger partial charge in [0.1, 0.15) is 5.69 Å². The van der Waals surface area contributed by atoms with Crippen molar-refractivity contribution < 1.29 is 4.92 Å². The number of hydrogen-bond donors (Lipinski definition) is 1. The number of nitro benzene ring substituents is 1. The van der Waals surface area contributed by atoms with Crippen molar-refractivity contribution in [1.29, 1.82) is 0 Å². The van der Waals surface area contributed by atoms with Crippen LogP contribution in [0.3, 0.4) is 0 Å². The lowest BCUT2D eigenvalue weighted by molar-refractivity contribution is -0.384. The van der Waals surface area contributed by atoms with E-state index in [2.05, 4.69) is 11.9 Å². The molecule has 0 atom stereocenters. The van der Waals surface area contributed by atoms with Gasteiger partial charge < -0.3 is 10.6 Å². The van der Waals surface area contributed by atoms with E-state index in [0.29, 0.717) is 0 Å². The van der Waals surface area contributed by atoms with Gasteiger partial charge >= 0.3 is 0 Å². The molecule has 0 saturated heterocycles. The molecule has 0 saturated carbocycles. The van der Waals surface area contributed by atoms with Gasteiger partial charge in [-0.2, -0.15) is 0 Å². The van der Waals surface area contributed by atoms with Crippen LogP contribution in [0.15, 0.2) is 12.1 Å². The van der Waals surface area contributed by atoms with Crippen LogP contribution in [0.5, 0.6) is 0 Å². The number of rotatable bonds is 1. The highest BCUT2D eigenvalue weighted by atomic mass is 16.6. The van der Waals surface area contributed by atoms with Crippen LogP contribution in [0.1, 0.15) is 17.5 Å². The summed E-state index contributed by atoms with van der Waals surface area (Å²) < 4.78 is 0. The molecule has 2 rings (SSSR count). The van der Waals surface area contributed by atoms with Crippen molar-refractivity contribution in [3.63, 3.8) is 0 Å². The van der Waals surface area contributed by atoms with Crippen molar-refractivity contribution in [3.8, 4) is 0 Å². The molecule has 1 aromatic carbocycles. The number of aryl methyl sites for hydroxylation is 1. The highest BCUT2D eigenvalue weighted by Crippen LogP contribution is 2.27. The number of anilines is 1. The Hall–Kier alpha value is -1.62. The molecule has 0 unspecified atom stereocenters. The van der Waals surface area contributed by atoms with E-state index in [1.165, 1.54) is 5.56 Å². The average molecular weight is 235 g/mol. The van der Waals surface area contributed by atoms with Crippen molar-refractivity contribution in [2.45, 2.75) is 19.3 Å². The fourth-order valence-electron chi connectivity index (χ4n) is 2.28. The van der Waals surface area contributed by atoms with Crippen molar-refractivity contribution in [2.24, 2.45) is 0 Å². The maximum absolute atomic E-state index is 10.8. The largest absolute Gasteiger partial charge is 0.393 e. The third-order valence-electron chi connectivity index (χ3n) is 3.29. The lowest BCUT2D eigenvalue weighted by atomic mass is 9.96. The van der Waals surface area contributed by atoms with Crippen LogP contribution < -0.4 is 5.73 Å². The maximum atomic E-state index is 10.8. The predicted molar refractivity (Wildman–Crippen MR) is 67.0 cm³/mol. The molecule has 0 radical (unpaired) electrons. The van der Waals surface area contributed by atoms with Crippen molar-refractivity contribution in [2.75, 3.05) is 25.9 Å². The van der Waals surface area contributed by atoms with Crippen molar-refractivity contribution in [3.05, 3.63) is 33.4 Å². The number of fused-ring (bicyclic) bond motifs is 1. The van der Waals surface area contributed by atoms with E-state index in [9.17, 15) is 10.1 Å². The summed E-state index contributed by atoms with van der Waals surface area (Å²) in [6.45, 7) is 2.00. The second kappa shape index (κ2) is 4.71. The molecule has 1 aromatic rings. The lowest BCUT2D eigenvalue weighted by Crippen LogP contribution is -2.25. The third kappa shape index (κ3) is 2.55. The number of nitrogens with two attached hydrogens (primary N) is 1. The van der Waals surface area contributed by atoms with Gasteiger partial charge in [0.25, 0.3) is 5.69 Å². The zero-order valence-electron chi connectivity index (χ0n) is 9.98. The molecule has 5 heteroatoms. The van der Waals surface area contributed by atoms with Gasteiger partial charge in [0.15, 0.2) is 0 Å². The van der Waals surface area contributed by atoms with Gasteiger partial charge in [-0.15, -0.1) is 0 Å². The van der Waals surface area contributed by atoms with Gasteiger partial charge in [-0.3, -0.25) is 10.1 Å². The maximum Gasteiger partial charge on any atom is 0.292 e. The van der Waals surface area contributed by atoms with Crippen LogP contribution in [0.4, 0.5) is 11.4 Å². The molecule has 92 valence electrons. The molecule has 0 aromatic heterocycles. The molecule has 0 fully saturated rings. The van der Waals surface area contributed by atoms with Crippen LogP contribution >= 0.6 is 0 Å². The molecule has 1 aliphatic heterocycles. The standard InChI is InChI=1S/C12H17N3O2/c1-14-5-2-3-9-7-11(13)12(15(16)17)8-10(9)4-6-14/h7-8H,2-6,13H2,1H3. The van der Waals surface area contributed by atoms with E-state index < -0.39 is 4.92 Å². The van der Waals surface area contributed by atoms with E-state index in [-0.39, 0.29) is 11.4 Å². The number of nitro groups is 1. The highest BCUT2D eigenvalue weighted by molar-refractivity contribution is 5.61. The second-order valence-electron chi connectivity index (χ2n) is 4.59. The molecule has 1 aliphatic rings. The van der Waals surface area contributed by atoms with Gasteiger partial charge in [0.05, 0.1) is 4.92 Å². The Bertz CT molecular complexity index is 446. The third-order valence-corrected chi connectivity index (χ3v) is 3.29. The fourth-order valence-corrected chi connectivity index (χ4v) is 2.28. The molecule has 0 aliphatic carbocycles. The van der Waals surface area contributed by atoms with Crippen LogP contribution in [-0.4, -0.2) is 30.0 Å². The Balaban J connectivity index is 2.38. The molecule has 0 bridgehead atoms. The van der Waals surface area contributed by atoms with E-state index in [1.807, 2.05) is 0 Å². The fraction of sp³-hybridized carbons (Fsp3) is 0.500. The predicted octanol–water partition coefficient (Wildman–Crippen LogP) is 1.60. The van der Waals surface area contributed by atoms with Crippen LogP contribution in [0.2, 0.25) is 0 Å². The minimum atomic E-state index is -0.405. The summed E-state index contributed by atoms with van der Waals surface area (Å²) in [5.74, 6) is 0. The first kappa shape index (κ1) is 11.9. The van der Waals surface area contributed by atoms with Crippen LogP contribution in [0, 0.1) is 10.1 Å². The lowest BCUT2D eigenvalue weighted by Gasteiger charge is -2.21.